The lowest BCUT2D eigenvalue weighted by atomic mass is 9.81. The van der Waals surface area contributed by atoms with Crippen molar-refractivity contribution in [2.75, 3.05) is 11.9 Å². The van der Waals surface area contributed by atoms with Crippen LogP contribution in [0.2, 0.25) is 0 Å². The molecule has 0 radical (unpaired) electrons. The molecule has 28 heavy (non-hydrogen) atoms. The van der Waals surface area contributed by atoms with Crippen LogP contribution in [0.3, 0.4) is 0 Å². The number of benzene rings is 1. The minimum absolute atomic E-state index is 0.00619. The Bertz CT molecular complexity index is 962. The summed E-state index contributed by atoms with van der Waals surface area (Å²) in [6, 6.07) is 9.22. The van der Waals surface area contributed by atoms with E-state index in [4.69, 9.17) is 19.3 Å². The highest BCUT2D eigenvalue weighted by atomic mass is 19.1. The van der Waals surface area contributed by atoms with Gasteiger partial charge in [-0.15, -0.1) is 0 Å². The van der Waals surface area contributed by atoms with E-state index >= 15 is 0 Å². The van der Waals surface area contributed by atoms with Gasteiger partial charge < -0.3 is 19.3 Å². The number of halogens is 1. The zero-order valence-corrected chi connectivity index (χ0v) is 14.9. The maximum atomic E-state index is 13.6. The fraction of sp³-hybridized carbons (Fsp3) is 0.167. The van der Waals surface area contributed by atoms with Gasteiger partial charge in [0.15, 0.2) is 0 Å². The van der Waals surface area contributed by atoms with Gasteiger partial charge in [0.1, 0.15) is 22.9 Å². The minimum Gasteiger partial charge on any atom is -0.449 e. The lowest BCUT2D eigenvalue weighted by molar-refractivity contribution is 0.162. The molecule has 0 saturated heterocycles. The number of hydrogen-bond donors (Lipinski definition) is 3. The van der Waals surface area contributed by atoms with Crippen molar-refractivity contribution >= 4 is 24.4 Å². The van der Waals surface area contributed by atoms with Crippen molar-refractivity contribution in [3.8, 4) is 11.5 Å². The van der Waals surface area contributed by atoms with Crippen LogP contribution in [0.4, 0.5) is 14.9 Å². The molecule has 0 bridgehead atoms. The first-order valence-corrected chi connectivity index (χ1v) is 8.41. The fourth-order valence-electron chi connectivity index (χ4n) is 2.48. The van der Waals surface area contributed by atoms with Crippen molar-refractivity contribution in [1.29, 1.82) is 0 Å². The van der Waals surface area contributed by atoms with Crippen molar-refractivity contribution in [3.63, 3.8) is 0 Å². The SMILES string of the molecule is Cc1noc(-c2ccc(B(O)O)cn2)c1NC(=O)OCCc1ccccc1F. The summed E-state index contributed by atoms with van der Waals surface area (Å²) in [5, 5.41) is 24.6. The Labute approximate surface area is 160 Å². The average molecular weight is 385 g/mol. The molecule has 144 valence electrons. The smallest absolute Gasteiger partial charge is 0.449 e. The van der Waals surface area contributed by atoms with E-state index in [1.165, 1.54) is 24.4 Å². The zero-order chi connectivity index (χ0) is 20.1. The second kappa shape index (κ2) is 8.64. The number of rotatable bonds is 6. The number of nitrogens with one attached hydrogen (secondary N) is 1. The summed E-state index contributed by atoms with van der Waals surface area (Å²) in [6.07, 6.45) is 0.766. The van der Waals surface area contributed by atoms with Crippen molar-refractivity contribution < 1.29 is 28.5 Å². The summed E-state index contributed by atoms with van der Waals surface area (Å²) in [7, 11) is -1.64. The average Bonchev–Trinajstić information content (AvgIpc) is 3.04. The maximum Gasteiger partial charge on any atom is 0.490 e. The van der Waals surface area contributed by atoms with Crippen LogP contribution < -0.4 is 10.8 Å². The molecule has 8 nitrogen and oxygen atoms in total. The molecule has 0 spiro atoms. The summed E-state index contributed by atoms with van der Waals surface area (Å²) in [4.78, 5) is 16.2. The molecule has 0 atom stereocenters. The molecule has 1 amide bonds. The molecule has 2 heterocycles. The number of aryl methyl sites for hydroxylation is 1. The quantitative estimate of drug-likeness (QED) is 0.553. The Hall–Kier alpha value is -3.24. The van der Waals surface area contributed by atoms with Crippen molar-refractivity contribution in [1.82, 2.24) is 10.1 Å². The molecule has 3 rings (SSSR count). The summed E-state index contributed by atoms with van der Waals surface area (Å²) in [5.74, 6) is -0.159. The first-order chi connectivity index (χ1) is 13.5. The molecule has 3 aromatic rings. The molecule has 3 N–H and O–H groups in total. The molecule has 0 aliphatic heterocycles. The molecule has 0 aliphatic carbocycles. The van der Waals surface area contributed by atoms with E-state index in [1.54, 1.807) is 25.1 Å². The molecule has 0 fully saturated rings. The lowest BCUT2D eigenvalue weighted by Crippen LogP contribution is -2.29. The van der Waals surface area contributed by atoms with Gasteiger partial charge in [-0.1, -0.05) is 29.4 Å². The highest BCUT2D eigenvalue weighted by Crippen LogP contribution is 2.29. The van der Waals surface area contributed by atoms with Crippen LogP contribution in [-0.4, -0.2) is 40.0 Å². The van der Waals surface area contributed by atoms with Crippen molar-refractivity contribution in [2.45, 2.75) is 13.3 Å². The standard InChI is InChI=1S/C18H17BFN3O5/c1-11-16(17(28-23-11)15-7-6-13(10-21-15)19(25)26)22-18(24)27-9-8-12-4-2-3-5-14(12)20/h2-7,10,25-26H,8-9H2,1H3,(H,22,24). The van der Waals surface area contributed by atoms with Gasteiger partial charge in [-0.25, -0.2) is 9.18 Å². The van der Waals surface area contributed by atoms with Crippen LogP contribution in [0.1, 0.15) is 11.3 Å². The topological polar surface area (TPSA) is 118 Å². The number of amides is 1. The van der Waals surface area contributed by atoms with Crippen LogP contribution >= 0.6 is 0 Å². The Morgan fingerprint density at radius 2 is 2.07 bits per heavy atom. The third-order valence-electron chi connectivity index (χ3n) is 3.97. The predicted molar refractivity (Wildman–Crippen MR) is 99.4 cm³/mol. The van der Waals surface area contributed by atoms with Crippen LogP contribution in [0.5, 0.6) is 0 Å². The third-order valence-corrected chi connectivity index (χ3v) is 3.97. The second-order valence-electron chi connectivity index (χ2n) is 5.92. The number of nitrogens with zero attached hydrogens (tertiary/aromatic N) is 2. The Balaban J connectivity index is 1.65. The van der Waals surface area contributed by atoms with Crippen molar-refractivity contribution in [2.24, 2.45) is 0 Å². The first-order valence-electron chi connectivity index (χ1n) is 8.41. The van der Waals surface area contributed by atoms with E-state index in [0.717, 1.165) is 0 Å². The van der Waals surface area contributed by atoms with E-state index in [2.05, 4.69) is 15.5 Å². The highest BCUT2D eigenvalue weighted by Gasteiger charge is 2.20. The van der Waals surface area contributed by atoms with Gasteiger partial charge in [0.2, 0.25) is 5.76 Å². The zero-order valence-electron chi connectivity index (χ0n) is 14.9. The number of pyridine rings is 1. The molecule has 0 aliphatic rings. The number of carbonyl (C=O) groups excluding carboxylic acids is 1. The van der Waals surface area contributed by atoms with Crippen molar-refractivity contribution in [3.05, 3.63) is 59.7 Å². The molecule has 1 aromatic carbocycles. The monoisotopic (exact) mass is 385 g/mol. The van der Waals surface area contributed by atoms with Crippen LogP contribution in [0, 0.1) is 12.7 Å². The number of carbonyl (C=O) groups is 1. The number of anilines is 1. The highest BCUT2D eigenvalue weighted by molar-refractivity contribution is 6.58. The van der Waals surface area contributed by atoms with Crippen LogP contribution in [0.15, 0.2) is 47.1 Å². The van der Waals surface area contributed by atoms with E-state index in [1.807, 2.05) is 0 Å². The lowest BCUT2D eigenvalue weighted by Gasteiger charge is -2.08. The number of aromatic nitrogens is 2. The third kappa shape index (κ3) is 4.53. The number of ether oxygens (including phenoxy) is 1. The summed E-state index contributed by atoms with van der Waals surface area (Å²) in [6.45, 7) is 1.63. The molecular weight excluding hydrogens is 368 g/mol. The van der Waals surface area contributed by atoms with E-state index in [9.17, 15) is 9.18 Å². The van der Waals surface area contributed by atoms with Gasteiger partial charge in [0.05, 0.1) is 6.61 Å². The Morgan fingerprint density at radius 1 is 1.29 bits per heavy atom. The van der Waals surface area contributed by atoms with E-state index in [-0.39, 0.29) is 35.8 Å². The van der Waals surface area contributed by atoms with Gasteiger partial charge in [-0.2, -0.15) is 0 Å². The van der Waals surface area contributed by atoms with E-state index < -0.39 is 13.2 Å². The normalized spacial score (nSPS) is 10.6. The van der Waals surface area contributed by atoms with Gasteiger partial charge in [-0.3, -0.25) is 10.3 Å². The Morgan fingerprint density at radius 3 is 2.75 bits per heavy atom. The molecule has 0 unspecified atom stereocenters. The fourth-order valence-corrected chi connectivity index (χ4v) is 2.48. The second-order valence-corrected chi connectivity index (χ2v) is 5.92. The Kier molecular flexibility index (Phi) is 6.02. The van der Waals surface area contributed by atoms with Gasteiger partial charge in [-0.05, 0) is 24.6 Å². The largest absolute Gasteiger partial charge is 0.490 e. The summed E-state index contributed by atoms with van der Waals surface area (Å²) >= 11 is 0. The minimum atomic E-state index is -1.64. The summed E-state index contributed by atoms with van der Waals surface area (Å²) in [5.41, 5.74) is 1.69. The summed E-state index contributed by atoms with van der Waals surface area (Å²) < 4.78 is 23.9. The van der Waals surface area contributed by atoms with E-state index in [0.29, 0.717) is 17.0 Å². The molecule has 10 heteroatoms. The molecule has 2 aromatic heterocycles. The molecular formula is C18H17BFN3O5. The van der Waals surface area contributed by atoms with Gasteiger partial charge in [0, 0.05) is 18.1 Å². The molecule has 0 saturated carbocycles. The number of hydrogen-bond acceptors (Lipinski definition) is 7. The van der Waals surface area contributed by atoms with Gasteiger partial charge >= 0.3 is 13.2 Å². The van der Waals surface area contributed by atoms with Crippen LogP contribution in [0.25, 0.3) is 11.5 Å². The maximum absolute atomic E-state index is 13.6. The first kappa shape index (κ1) is 19.5. The van der Waals surface area contributed by atoms with Crippen LogP contribution in [-0.2, 0) is 11.2 Å². The van der Waals surface area contributed by atoms with Gasteiger partial charge in [0.25, 0.3) is 0 Å². The predicted octanol–water partition coefficient (Wildman–Crippen LogP) is 1.66.